The Kier molecular flexibility index (Phi) is 14.0. The molecular weight excluding hydrogens is 635 g/mol. The van der Waals surface area contributed by atoms with Gasteiger partial charge in [-0.1, -0.05) is 106 Å². The fraction of sp³-hybridized carbons (Fsp3) is 0.750. The smallest absolute Gasteiger partial charge is 0.245 e. The molecule has 3 rings (SSSR count). The van der Waals surface area contributed by atoms with Gasteiger partial charge in [-0.3, -0.25) is 14.4 Å². The summed E-state index contributed by atoms with van der Waals surface area (Å²) in [5.74, 6) is 0.0732. The molecule has 2 saturated carbocycles. The predicted octanol–water partition coefficient (Wildman–Crippen LogP) is 8.06. The van der Waals surface area contributed by atoms with E-state index < -0.39 is 11.6 Å². The van der Waals surface area contributed by atoms with E-state index >= 15 is 0 Å². The number of fused-ring (bicyclic) bond motifs is 1. The molecule has 288 valence electrons. The molecule has 3 N–H and O–H groups in total. The maximum Gasteiger partial charge on any atom is 0.245 e. The van der Waals surface area contributed by atoms with E-state index in [0.717, 1.165) is 32.2 Å². The second-order valence-corrected chi connectivity index (χ2v) is 19.4. The lowest BCUT2D eigenvalue weighted by molar-refractivity contribution is -0.135. The Bertz CT molecular complexity index is 1340. The summed E-state index contributed by atoms with van der Waals surface area (Å²) in [5.41, 5.74) is 0.0871. The first-order chi connectivity index (χ1) is 23.4. The molecule has 0 spiro atoms. The van der Waals surface area contributed by atoms with E-state index in [1.165, 1.54) is 0 Å². The summed E-state index contributed by atoms with van der Waals surface area (Å²) in [5, 5.41) is 19.6. The highest BCUT2D eigenvalue weighted by Crippen LogP contribution is 2.72. The van der Waals surface area contributed by atoms with Gasteiger partial charge in [0.1, 0.15) is 11.8 Å². The first-order valence-corrected chi connectivity index (χ1v) is 19.6. The summed E-state index contributed by atoms with van der Waals surface area (Å²) >= 11 is 0. The average Bonchev–Trinajstić information content (AvgIpc) is 3.33. The van der Waals surface area contributed by atoms with Crippen LogP contribution in [0.5, 0.6) is 0 Å². The van der Waals surface area contributed by atoms with Crippen LogP contribution in [-0.4, -0.2) is 65.8 Å². The van der Waals surface area contributed by atoms with Crippen molar-refractivity contribution in [1.82, 2.24) is 15.5 Å². The van der Waals surface area contributed by atoms with Gasteiger partial charge in [0.15, 0.2) is 5.78 Å². The number of carbonyl (C=O) groups excluding carboxylic acids is 3. The van der Waals surface area contributed by atoms with Crippen LogP contribution < -0.4 is 10.6 Å². The van der Waals surface area contributed by atoms with Crippen molar-refractivity contribution in [3.63, 3.8) is 0 Å². The zero-order chi connectivity index (χ0) is 38.7. The summed E-state index contributed by atoms with van der Waals surface area (Å²) in [6, 6.07) is -0.646. The molecule has 9 atom stereocenters. The Morgan fingerprint density at radius 2 is 1.67 bits per heavy atom. The standard InChI is InChI=1S/C44H73N3O4/c1-15-19-31(29(3)34(48)23-22-28(2)46-38(39(50)47(13)14)30-20-17-16-18-21-30)26-35(49)36-32(27-33-37(36)43(33,10)11)44(12,51)40(42(7,8)9)45-25-24-41(4,5)6/h16-18,20,30-33,36-38,40,45-46,51H,2-3,15,19,21-27H2,1,4-14H3/t30?,31?,32?,33?,36-,37?,38+,40?,44?/m1/s1. The Labute approximate surface area is 311 Å². The molecule has 0 bridgehead atoms. The molecule has 2 fully saturated rings. The van der Waals surface area contributed by atoms with E-state index in [9.17, 15) is 19.5 Å². The zero-order valence-corrected chi connectivity index (χ0v) is 34.3. The third-order valence-electron chi connectivity index (χ3n) is 12.4. The number of likely N-dealkylation sites (N-methyl/N-ethyl adjacent to an activating group) is 1. The molecule has 0 aliphatic heterocycles. The van der Waals surface area contributed by atoms with Crippen molar-refractivity contribution in [2.45, 2.75) is 138 Å². The van der Waals surface area contributed by atoms with Crippen LogP contribution in [0.2, 0.25) is 0 Å². The van der Waals surface area contributed by atoms with E-state index in [0.29, 0.717) is 30.0 Å². The van der Waals surface area contributed by atoms with E-state index in [1.54, 1.807) is 19.0 Å². The number of amides is 1. The fourth-order valence-corrected chi connectivity index (χ4v) is 9.39. The number of ketones is 2. The summed E-state index contributed by atoms with van der Waals surface area (Å²) in [6.07, 6.45) is 13.0. The van der Waals surface area contributed by atoms with Crippen LogP contribution in [0, 0.1) is 51.8 Å². The largest absolute Gasteiger partial charge is 0.388 e. The normalized spacial score (nSPS) is 26.7. The molecule has 51 heavy (non-hydrogen) atoms. The van der Waals surface area contributed by atoms with Gasteiger partial charge in [-0.2, -0.15) is 0 Å². The number of carbonyl (C=O) groups is 3. The Hall–Kier alpha value is -2.51. The number of hydrogen-bond donors (Lipinski definition) is 3. The molecule has 7 heteroatoms. The fourth-order valence-electron chi connectivity index (χ4n) is 9.39. The number of rotatable bonds is 19. The van der Waals surface area contributed by atoms with Crippen LogP contribution in [0.15, 0.2) is 48.7 Å². The van der Waals surface area contributed by atoms with Gasteiger partial charge in [0.05, 0.1) is 5.60 Å². The Morgan fingerprint density at radius 1 is 1.02 bits per heavy atom. The molecule has 7 nitrogen and oxygen atoms in total. The summed E-state index contributed by atoms with van der Waals surface area (Å²) in [7, 11) is 3.50. The summed E-state index contributed by atoms with van der Waals surface area (Å²) in [4.78, 5) is 42.8. The number of nitrogens with zero attached hydrogens (tertiary/aromatic N) is 1. The minimum absolute atomic E-state index is 0.00134. The van der Waals surface area contributed by atoms with Crippen molar-refractivity contribution >= 4 is 17.5 Å². The van der Waals surface area contributed by atoms with Gasteiger partial charge < -0.3 is 20.6 Å². The van der Waals surface area contributed by atoms with Crippen LogP contribution in [0.4, 0.5) is 0 Å². The van der Waals surface area contributed by atoms with Crippen LogP contribution in [-0.2, 0) is 14.4 Å². The molecule has 0 aromatic heterocycles. The number of aliphatic hydroxyl groups is 1. The van der Waals surface area contributed by atoms with Gasteiger partial charge in [0.25, 0.3) is 0 Å². The zero-order valence-electron chi connectivity index (χ0n) is 34.3. The lowest BCUT2D eigenvalue weighted by Gasteiger charge is -2.48. The number of nitrogens with one attached hydrogen (secondary N) is 2. The van der Waals surface area contributed by atoms with E-state index in [4.69, 9.17) is 0 Å². The second kappa shape index (κ2) is 16.7. The van der Waals surface area contributed by atoms with Crippen molar-refractivity contribution < 1.29 is 19.5 Å². The van der Waals surface area contributed by atoms with Gasteiger partial charge >= 0.3 is 0 Å². The van der Waals surface area contributed by atoms with Crippen molar-refractivity contribution in [3.05, 3.63) is 48.7 Å². The maximum absolute atomic E-state index is 14.6. The topological polar surface area (TPSA) is 98.7 Å². The minimum atomic E-state index is -1.09. The van der Waals surface area contributed by atoms with Crippen LogP contribution in [0.1, 0.15) is 121 Å². The van der Waals surface area contributed by atoms with Gasteiger partial charge in [-0.15, -0.1) is 0 Å². The lowest BCUT2D eigenvalue weighted by atomic mass is 9.64. The highest BCUT2D eigenvalue weighted by Gasteiger charge is 2.71. The molecule has 7 unspecified atom stereocenters. The van der Waals surface area contributed by atoms with Crippen molar-refractivity contribution in [3.8, 4) is 0 Å². The minimum Gasteiger partial charge on any atom is -0.388 e. The van der Waals surface area contributed by atoms with Gasteiger partial charge in [0.2, 0.25) is 5.91 Å². The second-order valence-electron chi connectivity index (χ2n) is 19.4. The SMILES string of the molecule is C=C(CCC(=O)C(=C)C(CCC)CC(=O)[C@@H]1C2C(CC1C(C)(O)C(NCCC(C)(C)C)C(C)(C)C)C2(C)C)N[C@H](C(=O)N(C)C)C1C=CC=CC1. The highest BCUT2D eigenvalue weighted by molar-refractivity contribution is 5.96. The third kappa shape index (κ3) is 10.6. The molecule has 0 saturated heterocycles. The predicted molar refractivity (Wildman–Crippen MR) is 211 cm³/mol. The monoisotopic (exact) mass is 708 g/mol. The molecule has 3 aliphatic rings. The number of allylic oxidation sites excluding steroid dienone is 5. The third-order valence-corrected chi connectivity index (χ3v) is 12.4. The number of hydrogen-bond acceptors (Lipinski definition) is 6. The van der Waals surface area contributed by atoms with E-state index in [1.807, 2.05) is 25.2 Å². The molecule has 3 aliphatic carbocycles. The molecular formula is C44H73N3O4. The quantitative estimate of drug-likeness (QED) is 0.118. The molecule has 0 radical (unpaired) electrons. The Morgan fingerprint density at radius 3 is 2.20 bits per heavy atom. The van der Waals surface area contributed by atoms with E-state index in [-0.39, 0.29) is 82.2 Å². The molecule has 1 amide bonds. The molecule has 0 aromatic carbocycles. The van der Waals surface area contributed by atoms with Crippen molar-refractivity contribution in [2.24, 2.45) is 51.8 Å². The van der Waals surface area contributed by atoms with Gasteiger partial charge in [-0.05, 0) is 91.1 Å². The summed E-state index contributed by atoms with van der Waals surface area (Å²) in [6.45, 7) is 31.0. The van der Waals surface area contributed by atoms with Crippen molar-refractivity contribution in [2.75, 3.05) is 20.6 Å². The number of Topliss-reactive ketones (excluding diaryl/α,β-unsaturated/α-hetero) is 2. The maximum atomic E-state index is 14.6. The van der Waals surface area contributed by atoms with Crippen LogP contribution in [0.25, 0.3) is 0 Å². The Balaban J connectivity index is 1.73. The van der Waals surface area contributed by atoms with Gasteiger partial charge in [0, 0.05) is 50.5 Å². The first kappa shape index (κ1) is 42.9. The van der Waals surface area contributed by atoms with Crippen LogP contribution in [0.3, 0.4) is 0 Å². The molecule has 0 aromatic rings. The van der Waals surface area contributed by atoms with Crippen molar-refractivity contribution in [1.29, 1.82) is 0 Å². The van der Waals surface area contributed by atoms with Gasteiger partial charge in [-0.25, -0.2) is 0 Å². The molecule has 0 heterocycles. The highest BCUT2D eigenvalue weighted by atomic mass is 16.3. The first-order valence-electron chi connectivity index (χ1n) is 19.6. The summed E-state index contributed by atoms with van der Waals surface area (Å²) < 4.78 is 0. The van der Waals surface area contributed by atoms with Crippen LogP contribution >= 0.6 is 0 Å². The average molecular weight is 708 g/mol. The lowest BCUT2D eigenvalue weighted by Crippen LogP contribution is -2.61. The van der Waals surface area contributed by atoms with E-state index in [2.05, 4.69) is 92.2 Å².